The minimum atomic E-state index is -0.780. The van der Waals surface area contributed by atoms with Crippen LogP contribution in [0.2, 0.25) is 0 Å². The Balaban J connectivity index is 1.36. The molecule has 3 amide bonds. The van der Waals surface area contributed by atoms with Gasteiger partial charge in [0, 0.05) is 11.3 Å². The highest BCUT2D eigenvalue weighted by Gasteiger charge is 2.32. The van der Waals surface area contributed by atoms with Gasteiger partial charge in [-0.1, -0.05) is 24.3 Å². The van der Waals surface area contributed by atoms with Crippen molar-refractivity contribution < 1.29 is 33.3 Å². The summed E-state index contributed by atoms with van der Waals surface area (Å²) in [5, 5.41) is 18.6. The summed E-state index contributed by atoms with van der Waals surface area (Å²) in [5.41, 5.74) is 5.67. The third kappa shape index (κ3) is 8.55. The lowest BCUT2D eigenvalue weighted by atomic mass is 9.95. The number of nitriles is 1. The molecular weight excluding hydrogens is 773 g/mol. The van der Waals surface area contributed by atoms with E-state index < -0.39 is 23.9 Å². The van der Waals surface area contributed by atoms with Gasteiger partial charge in [0.05, 0.1) is 51.2 Å². The van der Waals surface area contributed by atoms with E-state index in [4.69, 9.17) is 18.9 Å². The molecule has 3 aromatic carbocycles. The van der Waals surface area contributed by atoms with Crippen molar-refractivity contribution in [1.29, 1.82) is 5.26 Å². The Labute approximate surface area is 287 Å². The molecule has 1 heterocycles. The molecule has 14 heteroatoms. The summed E-state index contributed by atoms with van der Waals surface area (Å²) in [6.45, 7) is 3.37. The fourth-order valence-electron chi connectivity index (χ4n) is 4.46. The van der Waals surface area contributed by atoms with Crippen LogP contribution in [0.5, 0.6) is 17.2 Å². The number of halogens is 2. The summed E-state index contributed by atoms with van der Waals surface area (Å²) >= 11 is 5.66. The zero-order chi connectivity index (χ0) is 33.2. The molecule has 0 fully saturated rings. The third-order valence-electron chi connectivity index (χ3n) is 6.58. The highest BCUT2D eigenvalue weighted by molar-refractivity contribution is 14.1. The summed E-state index contributed by atoms with van der Waals surface area (Å²) in [6.07, 6.45) is 1.49. The van der Waals surface area contributed by atoms with Crippen molar-refractivity contribution in [2.24, 2.45) is 5.10 Å². The minimum Gasteiger partial charge on any atom is -0.493 e. The average molecular weight is 802 g/mol. The normalized spacial score (nSPS) is 14.2. The number of carbonyl (C=O) groups excluding carboxylic acids is 3. The molecule has 1 aliphatic heterocycles. The number of esters is 1. The number of amides is 3. The van der Waals surface area contributed by atoms with Crippen LogP contribution in [0.1, 0.15) is 42.1 Å². The van der Waals surface area contributed by atoms with E-state index >= 15 is 0 Å². The molecule has 3 aromatic rings. The van der Waals surface area contributed by atoms with Crippen molar-refractivity contribution in [2.45, 2.75) is 26.5 Å². The summed E-state index contributed by atoms with van der Waals surface area (Å²) in [6, 6.07) is 16.6. The molecule has 4 rings (SSSR count). The number of hydrogen-bond donors (Lipinski definition) is 3. The minimum absolute atomic E-state index is 0.178. The topological polar surface area (TPSA) is 160 Å². The van der Waals surface area contributed by atoms with E-state index in [-0.39, 0.29) is 31.1 Å². The zero-order valence-electron chi connectivity index (χ0n) is 25.0. The maximum Gasteiger partial charge on any atom is 0.338 e. The smallest absolute Gasteiger partial charge is 0.338 e. The molecule has 1 aliphatic rings. The van der Waals surface area contributed by atoms with Crippen LogP contribution >= 0.6 is 38.5 Å². The Morgan fingerprint density at radius 2 is 1.93 bits per heavy atom. The molecular formula is C32H29BrIN5O7. The molecule has 0 spiro atoms. The van der Waals surface area contributed by atoms with Crippen molar-refractivity contribution >= 4 is 62.6 Å². The quantitative estimate of drug-likeness (QED) is 0.0972. The lowest BCUT2D eigenvalue weighted by Gasteiger charge is -2.28. The number of allylic oxidation sites excluding steroid dienone is 1. The van der Waals surface area contributed by atoms with Gasteiger partial charge in [-0.25, -0.2) is 15.0 Å². The fraction of sp³-hybridized carbons (Fsp3) is 0.219. The van der Waals surface area contributed by atoms with E-state index in [0.717, 1.165) is 9.13 Å². The van der Waals surface area contributed by atoms with Crippen LogP contribution in [-0.2, 0) is 20.9 Å². The molecule has 0 aromatic heterocycles. The van der Waals surface area contributed by atoms with Crippen molar-refractivity contribution in [3.63, 3.8) is 0 Å². The van der Waals surface area contributed by atoms with E-state index in [9.17, 15) is 19.6 Å². The first kappa shape index (κ1) is 34.3. The Morgan fingerprint density at radius 3 is 2.65 bits per heavy atom. The Hall–Kier alpha value is -4.62. The predicted molar refractivity (Wildman–Crippen MR) is 180 cm³/mol. The Kier molecular flexibility index (Phi) is 12.0. The highest BCUT2D eigenvalue weighted by Crippen LogP contribution is 2.35. The lowest BCUT2D eigenvalue weighted by molar-refractivity contribution is -0.139. The number of ether oxygens (including phenoxy) is 4. The maximum absolute atomic E-state index is 12.6. The lowest BCUT2D eigenvalue weighted by Crippen LogP contribution is -2.45. The van der Waals surface area contributed by atoms with Gasteiger partial charge in [0.25, 0.3) is 5.91 Å². The fourth-order valence-corrected chi connectivity index (χ4v) is 6.23. The van der Waals surface area contributed by atoms with Gasteiger partial charge in [-0.2, -0.15) is 10.4 Å². The Bertz CT molecular complexity index is 1730. The molecule has 0 bridgehead atoms. The standard InChI is InChI=1S/C32H29BrIN5O7/c1-4-44-31(41)28-18(2)37-32(42)38-29(28)20-9-10-25(26(13-20)43-3)45-17-27(40)39-36-15-19-11-23(33)30(24(34)12-19)46-16-22-8-6-5-7-21(22)14-35/h5-13,15,29H,4,16-17H2,1-3H3,(H,39,40)(H2,37,38,42)/b36-15-/t29-/m1/s1. The summed E-state index contributed by atoms with van der Waals surface area (Å²) in [7, 11) is 1.44. The first-order valence-electron chi connectivity index (χ1n) is 13.8. The Morgan fingerprint density at radius 1 is 1.15 bits per heavy atom. The average Bonchev–Trinajstić information content (AvgIpc) is 3.03. The number of carbonyl (C=O) groups is 3. The van der Waals surface area contributed by atoms with Crippen LogP contribution in [0, 0.1) is 14.9 Å². The molecule has 0 saturated carbocycles. The zero-order valence-corrected chi connectivity index (χ0v) is 28.7. The molecule has 12 nitrogen and oxygen atoms in total. The van der Waals surface area contributed by atoms with E-state index in [1.54, 1.807) is 50.2 Å². The van der Waals surface area contributed by atoms with Crippen LogP contribution < -0.4 is 30.3 Å². The maximum atomic E-state index is 12.6. The molecule has 0 unspecified atom stereocenters. The SMILES string of the molecule is CCOC(=O)C1=C(C)NC(=O)N[C@@H]1c1ccc(OCC(=O)N/N=C\c2cc(Br)c(OCc3ccccc3C#N)c(I)c2)c(OC)c1. The first-order chi connectivity index (χ1) is 22.1. The van der Waals surface area contributed by atoms with Crippen LogP contribution in [0.4, 0.5) is 4.79 Å². The van der Waals surface area contributed by atoms with Crippen LogP contribution in [0.25, 0.3) is 0 Å². The van der Waals surface area contributed by atoms with Crippen molar-refractivity contribution in [3.05, 3.63) is 96.2 Å². The molecule has 3 N–H and O–H groups in total. The van der Waals surface area contributed by atoms with Crippen LogP contribution in [-0.4, -0.2) is 44.4 Å². The highest BCUT2D eigenvalue weighted by atomic mass is 127. The van der Waals surface area contributed by atoms with E-state index in [0.29, 0.717) is 38.4 Å². The molecule has 0 aliphatic carbocycles. The van der Waals surface area contributed by atoms with Gasteiger partial charge < -0.3 is 29.6 Å². The monoisotopic (exact) mass is 801 g/mol. The molecule has 238 valence electrons. The summed E-state index contributed by atoms with van der Waals surface area (Å²) in [5.74, 6) is 0.115. The second-order valence-corrected chi connectivity index (χ2v) is 11.7. The van der Waals surface area contributed by atoms with Gasteiger partial charge in [0.1, 0.15) is 12.4 Å². The molecule has 0 saturated heterocycles. The summed E-state index contributed by atoms with van der Waals surface area (Å²) in [4.78, 5) is 37.3. The number of methoxy groups -OCH3 is 1. The van der Waals surface area contributed by atoms with Gasteiger partial charge in [0.2, 0.25) is 0 Å². The van der Waals surface area contributed by atoms with Gasteiger partial charge in [0.15, 0.2) is 18.1 Å². The first-order valence-corrected chi connectivity index (χ1v) is 15.7. The van der Waals surface area contributed by atoms with E-state index in [1.807, 2.05) is 18.2 Å². The van der Waals surface area contributed by atoms with Crippen molar-refractivity contribution in [1.82, 2.24) is 16.1 Å². The van der Waals surface area contributed by atoms with Crippen LogP contribution in [0.15, 0.2) is 75.4 Å². The summed E-state index contributed by atoms with van der Waals surface area (Å²) < 4.78 is 23.8. The number of rotatable bonds is 12. The van der Waals surface area contributed by atoms with Gasteiger partial charge in [-0.15, -0.1) is 0 Å². The number of benzene rings is 3. The van der Waals surface area contributed by atoms with Gasteiger partial charge in [-0.05, 0) is 93.8 Å². The second kappa shape index (κ2) is 16.1. The third-order valence-corrected chi connectivity index (χ3v) is 7.97. The van der Waals surface area contributed by atoms with Gasteiger partial charge >= 0.3 is 12.0 Å². The van der Waals surface area contributed by atoms with Crippen molar-refractivity contribution in [3.8, 4) is 23.3 Å². The number of nitrogens with one attached hydrogen (secondary N) is 3. The van der Waals surface area contributed by atoms with Crippen molar-refractivity contribution in [2.75, 3.05) is 20.3 Å². The number of hydrazone groups is 1. The molecule has 46 heavy (non-hydrogen) atoms. The van der Waals surface area contributed by atoms with Gasteiger partial charge in [-0.3, -0.25) is 4.79 Å². The van der Waals surface area contributed by atoms with Crippen LogP contribution in [0.3, 0.4) is 0 Å². The predicted octanol–water partition coefficient (Wildman–Crippen LogP) is 5.23. The molecule has 0 radical (unpaired) electrons. The number of nitrogens with zero attached hydrogens (tertiary/aromatic N) is 2. The number of hydrogen-bond acceptors (Lipinski definition) is 9. The second-order valence-electron chi connectivity index (χ2n) is 9.65. The van der Waals surface area contributed by atoms with E-state index in [2.05, 4.69) is 65.8 Å². The molecule has 1 atom stereocenters. The largest absolute Gasteiger partial charge is 0.493 e. The number of urea groups is 1. The van der Waals surface area contributed by atoms with E-state index in [1.165, 1.54) is 13.3 Å².